The molecule has 0 fully saturated rings. The summed E-state index contributed by atoms with van der Waals surface area (Å²) in [5.41, 5.74) is 2.58. The average molecular weight is 248 g/mol. The highest BCUT2D eigenvalue weighted by Crippen LogP contribution is 2.05. The number of nitrogens with one attached hydrogen (secondary N) is 1. The molecule has 0 amide bonds. The number of hydrogen-bond donors (Lipinski definition) is 2. The van der Waals surface area contributed by atoms with Crippen molar-refractivity contribution in [2.24, 2.45) is 10.2 Å². The van der Waals surface area contributed by atoms with Crippen molar-refractivity contribution in [2.75, 3.05) is 0 Å². The highest BCUT2D eigenvalue weighted by molar-refractivity contribution is 6.12. The van der Waals surface area contributed by atoms with E-state index >= 15 is 0 Å². The van der Waals surface area contributed by atoms with E-state index < -0.39 is 0 Å². The lowest BCUT2D eigenvalue weighted by atomic mass is 10.2. The molecular formula is C12H16N4O2. The molecule has 0 saturated heterocycles. The number of ketones is 1. The SMILES string of the molecule is CC(=O)C(/C=N/N=C(\C)c1cn[nH]c1C)=C(\C)O. The molecule has 6 nitrogen and oxygen atoms in total. The van der Waals surface area contributed by atoms with Gasteiger partial charge in [0.1, 0.15) is 5.76 Å². The van der Waals surface area contributed by atoms with Crippen molar-refractivity contribution in [3.8, 4) is 0 Å². The number of hydrogen-bond acceptors (Lipinski definition) is 5. The number of carbonyl (C=O) groups is 1. The van der Waals surface area contributed by atoms with Crippen LogP contribution in [-0.2, 0) is 4.79 Å². The Kier molecular flexibility index (Phi) is 4.53. The molecule has 1 heterocycles. The van der Waals surface area contributed by atoms with Gasteiger partial charge in [-0.2, -0.15) is 15.3 Å². The van der Waals surface area contributed by atoms with E-state index in [9.17, 15) is 9.90 Å². The average Bonchev–Trinajstić information content (AvgIpc) is 2.69. The molecule has 0 bridgehead atoms. The fraction of sp³-hybridized carbons (Fsp3) is 0.333. The quantitative estimate of drug-likeness (QED) is 0.369. The number of aliphatic hydroxyl groups excluding tert-OH is 1. The second-order valence-electron chi connectivity index (χ2n) is 3.89. The molecule has 0 aliphatic carbocycles. The molecule has 6 heteroatoms. The first kappa shape index (κ1) is 13.8. The third-order valence-electron chi connectivity index (χ3n) is 2.38. The van der Waals surface area contributed by atoms with Crippen LogP contribution in [0.1, 0.15) is 32.0 Å². The number of aryl methyl sites for hydroxylation is 1. The molecule has 1 rings (SSSR count). The van der Waals surface area contributed by atoms with Crippen molar-refractivity contribution in [1.82, 2.24) is 10.2 Å². The zero-order valence-corrected chi connectivity index (χ0v) is 10.9. The van der Waals surface area contributed by atoms with Gasteiger partial charge in [0, 0.05) is 11.3 Å². The lowest BCUT2D eigenvalue weighted by Crippen LogP contribution is -2.01. The summed E-state index contributed by atoms with van der Waals surface area (Å²) in [6.45, 7) is 6.46. The molecule has 0 spiro atoms. The van der Waals surface area contributed by atoms with Gasteiger partial charge in [0.2, 0.25) is 0 Å². The van der Waals surface area contributed by atoms with Gasteiger partial charge in [-0.25, -0.2) is 0 Å². The first-order valence-electron chi connectivity index (χ1n) is 5.42. The van der Waals surface area contributed by atoms with Crippen molar-refractivity contribution in [3.05, 3.63) is 28.8 Å². The summed E-state index contributed by atoms with van der Waals surface area (Å²) >= 11 is 0. The molecule has 0 saturated carbocycles. The largest absolute Gasteiger partial charge is 0.512 e. The Labute approximate surface area is 105 Å². The van der Waals surface area contributed by atoms with Crippen molar-refractivity contribution in [2.45, 2.75) is 27.7 Å². The van der Waals surface area contributed by atoms with Crippen LogP contribution in [0.15, 0.2) is 27.7 Å². The van der Waals surface area contributed by atoms with Crippen LogP contribution in [0.2, 0.25) is 0 Å². The van der Waals surface area contributed by atoms with Crippen LogP contribution in [0.4, 0.5) is 0 Å². The lowest BCUT2D eigenvalue weighted by molar-refractivity contribution is -0.113. The number of aliphatic hydroxyl groups is 1. The van der Waals surface area contributed by atoms with Crippen LogP contribution in [-0.4, -0.2) is 33.0 Å². The molecular weight excluding hydrogens is 232 g/mol. The summed E-state index contributed by atoms with van der Waals surface area (Å²) in [6, 6.07) is 0. The van der Waals surface area contributed by atoms with Gasteiger partial charge in [-0.3, -0.25) is 9.89 Å². The fourth-order valence-corrected chi connectivity index (χ4v) is 1.38. The second-order valence-corrected chi connectivity index (χ2v) is 3.89. The number of Topliss-reactive ketones (excluding diaryl/α,β-unsaturated/α-hetero) is 1. The molecule has 0 aliphatic rings. The van der Waals surface area contributed by atoms with Crippen LogP contribution < -0.4 is 0 Å². The number of carbonyl (C=O) groups excluding carboxylic acids is 1. The molecule has 0 radical (unpaired) electrons. The minimum atomic E-state index is -0.258. The van der Waals surface area contributed by atoms with E-state index in [0.29, 0.717) is 5.71 Å². The molecule has 0 atom stereocenters. The standard InChI is InChI=1S/C12H16N4O2/c1-7-11(5-13-15-7)8(2)16-14-6-12(9(3)17)10(4)18/h5-6,17H,1-4H3,(H,13,15)/b12-9+,14-6+,16-8+. The third kappa shape index (κ3) is 3.38. The zero-order valence-electron chi connectivity index (χ0n) is 10.9. The summed E-state index contributed by atoms with van der Waals surface area (Å²) in [7, 11) is 0. The van der Waals surface area contributed by atoms with Crippen molar-refractivity contribution >= 4 is 17.7 Å². The summed E-state index contributed by atoms with van der Waals surface area (Å²) in [6.07, 6.45) is 2.90. The molecule has 96 valence electrons. The first-order valence-corrected chi connectivity index (χ1v) is 5.42. The number of allylic oxidation sites excluding steroid dienone is 2. The molecule has 0 unspecified atom stereocenters. The van der Waals surface area contributed by atoms with Gasteiger partial charge < -0.3 is 5.11 Å². The van der Waals surface area contributed by atoms with Crippen LogP contribution in [0, 0.1) is 6.92 Å². The van der Waals surface area contributed by atoms with Crippen LogP contribution in [0.3, 0.4) is 0 Å². The van der Waals surface area contributed by atoms with E-state index in [4.69, 9.17) is 0 Å². The van der Waals surface area contributed by atoms with E-state index in [-0.39, 0.29) is 17.1 Å². The van der Waals surface area contributed by atoms with Crippen LogP contribution in [0.5, 0.6) is 0 Å². The van der Waals surface area contributed by atoms with Crippen LogP contribution in [0.25, 0.3) is 0 Å². The van der Waals surface area contributed by atoms with E-state index in [0.717, 1.165) is 11.3 Å². The Bertz CT molecular complexity index is 534. The molecule has 0 aromatic carbocycles. The first-order chi connectivity index (χ1) is 8.43. The third-order valence-corrected chi connectivity index (χ3v) is 2.38. The number of H-pyrrole nitrogens is 1. The Balaban J connectivity index is 2.90. The van der Waals surface area contributed by atoms with Crippen molar-refractivity contribution in [3.63, 3.8) is 0 Å². The number of nitrogens with zero attached hydrogens (tertiary/aromatic N) is 3. The maximum absolute atomic E-state index is 11.2. The summed E-state index contributed by atoms with van der Waals surface area (Å²) in [5, 5.41) is 23.7. The Morgan fingerprint density at radius 2 is 2.11 bits per heavy atom. The van der Waals surface area contributed by atoms with E-state index in [1.165, 1.54) is 20.1 Å². The summed E-state index contributed by atoms with van der Waals surface area (Å²) in [4.78, 5) is 11.2. The Hall–Kier alpha value is -2.24. The Morgan fingerprint density at radius 1 is 1.44 bits per heavy atom. The van der Waals surface area contributed by atoms with Gasteiger partial charge in [-0.05, 0) is 27.7 Å². The smallest absolute Gasteiger partial charge is 0.164 e. The van der Waals surface area contributed by atoms with E-state index in [1.807, 2.05) is 6.92 Å². The topological polar surface area (TPSA) is 90.7 Å². The molecule has 18 heavy (non-hydrogen) atoms. The number of aromatic amines is 1. The Morgan fingerprint density at radius 3 is 2.56 bits per heavy atom. The highest BCUT2D eigenvalue weighted by Gasteiger charge is 2.05. The minimum Gasteiger partial charge on any atom is -0.512 e. The minimum absolute atomic E-state index is 0.0707. The maximum Gasteiger partial charge on any atom is 0.164 e. The summed E-state index contributed by atoms with van der Waals surface area (Å²) in [5.74, 6) is -0.329. The predicted molar refractivity (Wildman–Crippen MR) is 70.0 cm³/mol. The normalized spacial score (nSPS) is 13.9. The second kappa shape index (κ2) is 5.90. The fourth-order valence-electron chi connectivity index (χ4n) is 1.38. The van der Waals surface area contributed by atoms with E-state index in [1.54, 1.807) is 13.1 Å². The van der Waals surface area contributed by atoms with Gasteiger partial charge in [0.15, 0.2) is 5.78 Å². The highest BCUT2D eigenvalue weighted by atomic mass is 16.3. The zero-order chi connectivity index (χ0) is 13.7. The summed E-state index contributed by atoms with van der Waals surface area (Å²) < 4.78 is 0. The predicted octanol–water partition coefficient (Wildman–Crippen LogP) is 1.93. The van der Waals surface area contributed by atoms with Crippen LogP contribution >= 0.6 is 0 Å². The monoisotopic (exact) mass is 248 g/mol. The molecule has 1 aromatic rings. The van der Waals surface area contributed by atoms with E-state index in [2.05, 4.69) is 20.4 Å². The van der Waals surface area contributed by atoms with Crippen molar-refractivity contribution < 1.29 is 9.90 Å². The molecule has 0 aliphatic heterocycles. The number of aromatic nitrogens is 2. The lowest BCUT2D eigenvalue weighted by Gasteiger charge is -1.97. The maximum atomic E-state index is 11.2. The molecule has 2 N–H and O–H groups in total. The van der Waals surface area contributed by atoms with Gasteiger partial charge in [-0.15, -0.1) is 0 Å². The van der Waals surface area contributed by atoms with Gasteiger partial charge in [0.05, 0.1) is 23.7 Å². The molecule has 1 aromatic heterocycles. The number of rotatable bonds is 4. The van der Waals surface area contributed by atoms with Crippen molar-refractivity contribution in [1.29, 1.82) is 0 Å². The van der Waals surface area contributed by atoms with Gasteiger partial charge >= 0.3 is 0 Å². The van der Waals surface area contributed by atoms with Gasteiger partial charge in [0.25, 0.3) is 0 Å². The van der Waals surface area contributed by atoms with Gasteiger partial charge in [-0.1, -0.05) is 0 Å².